The van der Waals surface area contributed by atoms with Crippen molar-refractivity contribution in [2.45, 2.75) is 76.0 Å². The number of rotatable bonds is 0. The van der Waals surface area contributed by atoms with Gasteiger partial charge in [-0.3, -0.25) is 5.10 Å². The van der Waals surface area contributed by atoms with Crippen LogP contribution in [0.3, 0.4) is 0 Å². The number of fused-ring (bicyclic) bond motifs is 8. The van der Waals surface area contributed by atoms with Crippen LogP contribution in [0.5, 0.6) is 0 Å². The number of aromatic amines is 1. The molecular weight excluding hydrogens is 427 g/mol. The summed E-state index contributed by atoms with van der Waals surface area (Å²) in [6, 6.07) is 0. The third-order valence-electron chi connectivity index (χ3n) is 10.8. The number of aliphatic hydroxyl groups is 1. The molecule has 0 radical (unpaired) electrons. The van der Waals surface area contributed by atoms with Gasteiger partial charge >= 0.3 is 0 Å². The van der Waals surface area contributed by atoms with Gasteiger partial charge in [-0.05, 0) is 55.6 Å². The van der Waals surface area contributed by atoms with Gasteiger partial charge < -0.3 is 24.1 Å². The summed E-state index contributed by atoms with van der Waals surface area (Å²) in [5.41, 5.74) is -0.658. The molecule has 7 rings (SSSR count). The Bertz CT molecular complexity index is 1030. The standard InChI is InChI=1S/C25H33FN2O5/c1-14-6-18-17-5-4-16-7-19-15(10-27-28-19)8-21(16,2)24(17,26)20(29)9-22(18,3)25(14)23(32-13-33-25)11-30-12-31-23/h7,10,14,17-18,20,29H,4-6,8-9,11-13H2,1-3H3,(H,27,28)/t14-,17+,18+,20+,21+,22+,23?,24+,25-/m1/s1. The number of alkyl halides is 1. The quantitative estimate of drug-likeness (QED) is 0.618. The molecular formula is C25H33FN2O5. The van der Waals surface area contributed by atoms with E-state index in [1.807, 2.05) is 6.92 Å². The Hall–Kier alpha value is -1.32. The molecule has 9 atom stereocenters. The first-order valence-electron chi connectivity index (χ1n) is 12.3. The minimum Gasteiger partial charge on any atom is -0.390 e. The summed E-state index contributed by atoms with van der Waals surface area (Å²) in [4.78, 5) is 0. The minimum absolute atomic E-state index is 0.0489. The van der Waals surface area contributed by atoms with Crippen LogP contribution in [0.2, 0.25) is 0 Å². The largest absolute Gasteiger partial charge is 0.390 e. The van der Waals surface area contributed by atoms with Crippen LogP contribution >= 0.6 is 0 Å². The van der Waals surface area contributed by atoms with Crippen LogP contribution in [0.15, 0.2) is 11.8 Å². The molecule has 5 fully saturated rings. The van der Waals surface area contributed by atoms with Crippen LogP contribution in [-0.4, -0.2) is 58.7 Å². The summed E-state index contributed by atoms with van der Waals surface area (Å²) in [7, 11) is 0. The number of halogens is 1. The molecule has 180 valence electrons. The summed E-state index contributed by atoms with van der Waals surface area (Å²) < 4.78 is 41.9. The summed E-state index contributed by atoms with van der Waals surface area (Å²) in [5.74, 6) is -1.13. The number of aromatic nitrogens is 2. The van der Waals surface area contributed by atoms with Crippen LogP contribution < -0.4 is 0 Å². The van der Waals surface area contributed by atoms with Crippen molar-refractivity contribution in [1.29, 1.82) is 0 Å². The van der Waals surface area contributed by atoms with Gasteiger partial charge in [0.15, 0.2) is 13.6 Å². The van der Waals surface area contributed by atoms with Crippen LogP contribution in [0.1, 0.15) is 57.7 Å². The van der Waals surface area contributed by atoms with Gasteiger partial charge in [0.25, 0.3) is 0 Å². The molecule has 1 aromatic heterocycles. The predicted molar refractivity (Wildman–Crippen MR) is 115 cm³/mol. The number of nitrogens with one attached hydrogen (secondary N) is 1. The Balaban J connectivity index is 1.35. The molecule has 6 aliphatic rings. The fourth-order valence-corrected chi connectivity index (χ4v) is 9.50. The molecule has 8 heteroatoms. The summed E-state index contributed by atoms with van der Waals surface area (Å²) in [6.45, 7) is 6.95. The van der Waals surface area contributed by atoms with E-state index in [9.17, 15) is 5.11 Å². The molecule has 0 amide bonds. The fraction of sp³-hybridized carbons (Fsp3) is 0.800. The highest BCUT2D eigenvalue weighted by Crippen LogP contribution is 2.74. The lowest BCUT2D eigenvalue weighted by Crippen LogP contribution is -2.72. The molecule has 0 aromatic carbocycles. The third kappa shape index (κ3) is 2.10. The maximum Gasteiger partial charge on any atom is 0.227 e. The Morgan fingerprint density at radius 3 is 2.79 bits per heavy atom. The van der Waals surface area contributed by atoms with Crippen LogP contribution in [-0.2, 0) is 25.4 Å². The molecule has 3 saturated carbocycles. The normalized spacial score (nSPS) is 54.8. The number of ether oxygens (including phenoxy) is 4. The molecule has 33 heavy (non-hydrogen) atoms. The molecule has 3 heterocycles. The van der Waals surface area contributed by atoms with Crippen LogP contribution in [0.4, 0.5) is 4.39 Å². The monoisotopic (exact) mass is 460 g/mol. The van der Waals surface area contributed by atoms with E-state index >= 15 is 4.39 Å². The van der Waals surface area contributed by atoms with Crippen molar-refractivity contribution in [1.82, 2.24) is 10.2 Å². The Labute approximate surface area is 193 Å². The first kappa shape index (κ1) is 21.0. The molecule has 2 aliphatic heterocycles. The Morgan fingerprint density at radius 1 is 1.18 bits per heavy atom. The fourth-order valence-electron chi connectivity index (χ4n) is 9.50. The second-order valence-electron chi connectivity index (χ2n) is 11.8. The van der Waals surface area contributed by atoms with Crippen molar-refractivity contribution in [2.24, 2.45) is 28.6 Å². The van der Waals surface area contributed by atoms with Crippen LogP contribution in [0, 0.1) is 28.6 Å². The lowest BCUT2D eigenvalue weighted by Gasteiger charge is -2.64. The number of nitrogens with zero attached hydrogens (tertiary/aromatic N) is 1. The first-order valence-corrected chi connectivity index (χ1v) is 12.3. The molecule has 1 unspecified atom stereocenters. The lowest BCUT2D eigenvalue weighted by molar-refractivity contribution is -0.279. The van der Waals surface area contributed by atoms with E-state index in [4.69, 9.17) is 18.9 Å². The van der Waals surface area contributed by atoms with Gasteiger partial charge in [0, 0.05) is 16.7 Å². The zero-order valence-corrected chi connectivity index (χ0v) is 19.5. The molecule has 0 bridgehead atoms. The third-order valence-corrected chi connectivity index (χ3v) is 10.8. The zero-order valence-electron chi connectivity index (χ0n) is 19.5. The predicted octanol–water partition coefficient (Wildman–Crippen LogP) is 3.34. The number of hydrogen-bond acceptors (Lipinski definition) is 6. The van der Waals surface area contributed by atoms with Gasteiger partial charge in [0.2, 0.25) is 5.79 Å². The van der Waals surface area contributed by atoms with Gasteiger partial charge in [-0.25, -0.2) is 4.39 Å². The molecule has 2 N–H and O–H groups in total. The second-order valence-corrected chi connectivity index (χ2v) is 11.8. The highest BCUT2D eigenvalue weighted by atomic mass is 19.1. The van der Waals surface area contributed by atoms with E-state index in [1.54, 1.807) is 6.20 Å². The molecule has 2 spiro atoms. The van der Waals surface area contributed by atoms with E-state index in [0.29, 0.717) is 25.9 Å². The SMILES string of the molecule is C[C@@H]1C[C@H]2[C@@H]3CCC4=Cc5[nH]ncc5C[C@]4(C)[C@@]3(F)[C@@H](O)C[C@]2(C)[C@]12OCOC21COCO1. The number of H-pyrrole nitrogens is 1. The second kappa shape index (κ2) is 6.26. The maximum absolute atomic E-state index is 17.7. The summed E-state index contributed by atoms with van der Waals surface area (Å²) >= 11 is 0. The highest BCUT2D eigenvalue weighted by Gasteiger charge is 2.81. The number of hydrogen-bond donors (Lipinski definition) is 2. The van der Waals surface area contributed by atoms with E-state index in [0.717, 1.165) is 29.7 Å². The van der Waals surface area contributed by atoms with E-state index < -0.39 is 34.0 Å². The number of allylic oxidation sites excluding steroid dienone is 1. The van der Waals surface area contributed by atoms with Crippen molar-refractivity contribution in [2.75, 3.05) is 20.2 Å². The van der Waals surface area contributed by atoms with Gasteiger partial charge in [0.05, 0.1) is 18.0 Å². The Kier molecular flexibility index (Phi) is 3.99. The molecule has 2 saturated heterocycles. The molecule has 1 aromatic rings. The summed E-state index contributed by atoms with van der Waals surface area (Å²) in [6.07, 6.45) is 5.99. The Morgan fingerprint density at radius 2 is 2.00 bits per heavy atom. The highest BCUT2D eigenvalue weighted by molar-refractivity contribution is 5.60. The average Bonchev–Trinajstić information content (AvgIpc) is 3.54. The molecule has 7 nitrogen and oxygen atoms in total. The van der Waals surface area contributed by atoms with Gasteiger partial charge in [-0.15, -0.1) is 0 Å². The number of aliphatic hydroxyl groups excluding tert-OH is 1. The van der Waals surface area contributed by atoms with E-state index in [1.165, 1.54) is 0 Å². The van der Waals surface area contributed by atoms with Crippen molar-refractivity contribution < 1.29 is 28.4 Å². The van der Waals surface area contributed by atoms with Gasteiger partial charge in [-0.2, -0.15) is 5.10 Å². The van der Waals surface area contributed by atoms with Crippen molar-refractivity contribution in [3.8, 4) is 0 Å². The average molecular weight is 461 g/mol. The van der Waals surface area contributed by atoms with Crippen molar-refractivity contribution in [3.63, 3.8) is 0 Å². The zero-order chi connectivity index (χ0) is 22.9. The summed E-state index contributed by atoms with van der Waals surface area (Å²) in [5, 5.41) is 19.0. The van der Waals surface area contributed by atoms with E-state index in [2.05, 4.69) is 30.1 Å². The van der Waals surface area contributed by atoms with Crippen molar-refractivity contribution in [3.05, 3.63) is 23.0 Å². The van der Waals surface area contributed by atoms with Gasteiger partial charge in [-0.1, -0.05) is 26.3 Å². The van der Waals surface area contributed by atoms with Crippen molar-refractivity contribution >= 4 is 6.08 Å². The van der Waals surface area contributed by atoms with E-state index in [-0.39, 0.29) is 31.3 Å². The van der Waals surface area contributed by atoms with Crippen LogP contribution in [0.25, 0.3) is 6.08 Å². The van der Waals surface area contributed by atoms with Gasteiger partial charge in [0.1, 0.15) is 17.9 Å². The smallest absolute Gasteiger partial charge is 0.227 e. The topological polar surface area (TPSA) is 85.8 Å². The lowest BCUT2D eigenvalue weighted by atomic mass is 9.43. The first-order chi connectivity index (χ1) is 15.7. The minimum atomic E-state index is -1.72. The molecule has 4 aliphatic carbocycles. The maximum atomic E-state index is 17.7.